The van der Waals surface area contributed by atoms with Crippen LogP contribution in [0.4, 0.5) is 0 Å². The van der Waals surface area contributed by atoms with Gasteiger partial charge in [-0.25, -0.2) is 0 Å². The number of methoxy groups -OCH3 is 2. The molecule has 0 spiro atoms. The van der Waals surface area contributed by atoms with Crippen LogP contribution in [0.1, 0.15) is 27.6 Å². The van der Waals surface area contributed by atoms with Crippen molar-refractivity contribution in [2.45, 2.75) is 6.92 Å². The predicted octanol–water partition coefficient (Wildman–Crippen LogP) is 1.93. The fourth-order valence-corrected chi connectivity index (χ4v) is 2.09. The lowest BCUT2D eigenvalue weighted by molar-refractivity contribution is 0.0933. The van der Waals surface area contributed by atoms with Crippen LogP contribution in [0.2, 0.25) is 0 Å². The molecular formula is C14H13NO5. The molecule has 0 saturated heterocycles. The Morgan fingerprint density at radius 1 is 1.05 bits per heavy atom. The molecule has 1 aromatic rings. The summed E-state index contributed by atoms with van der Waals surface area (Å²) in [6.45, 7) is 1.34. The number of ether oxygens (including phenoxy) is 2. The molecule has 0 heterocycles. The molecular weight excluding hydrogens is 262 g/mol. The first-order valence-electron chi connectivity index (χ1n) is 5.76. The quantitative estimate of drug-likeness (QED) is 0.821. The maximum atomic E-state index is 12.3. The summed E-state index contributed by atoms with van der Waals surface area (Å²) < 4.78 is 10.2. The monoisotopic (exact) mass is 275 g/mol. The Hall–Kier alpha value is -2.63. The van der Waals surface area contributed by atoms with Gasteiger partial charge in [0.25, 0.3) is 0 Å². The number of carbonyl (C=O) groups excluding carboxylic acids is 2. The molecule has 0 radical (unpaired) electrons. The molecule has 0 aromatic heterocycles. The first kappa shape index (κ1) is 13.8. The van der Waals surface area contributed by atoms with E-state index >= 15 is 0 Å². The van der Waals surface area contributed by atoms with Crippen LogP contribution in [-0.4, -0.2) is 36.6 Å². The van der Waals surface area contributed by atoms with Crippen molar-refractivity contribution in [1.29, 1.82) is 5.41 Å². The maximum absolute atomic E-state index is 12.3. The number of Topliss-reactive ketones (excluding diaryl/α,β-unsaturated/α-hetero) is 2. The zero-order valence-corrected chi connectivity index (χ0v) is 11.2. The lowest BCUT2D eigenvalue weighted by atomic mass is 9.86. The van der Waals surface area contributed by atoms with E-state index in [0.717, 1.165) is 0 Å². The van der Waals surface area contributed by atoms with Gasteiger partial charge in [-0.05, 0) is 19.1 Å². The molecule has 1 aliphatic rings. The van der Waals surface area contributed by atoms with Crippen LogP contribution in [0.5, 0.6) is 11.5 Å². The summed E-state index contributed by atoms with van der Waals surface area (Å²) in [5.74, 6) is -1.40. The molecule has 1 aromatic carbocycles. The van der Waals surface area contributed by atoms with Crippen LogP contribution in [0, 0.1) is 5.41 Å². The molecule has 2 N–H and O–H groups in total. The fraction of sp³-hybridized carbons (Fsp3) is 0.214. The summed E-state index contributed by atoms with van der Waals surface area (Å²) in [5.41, 5.74) is -0.321. The summed E-state index contributed by atoms with van der Waals surface area (Å²) in [4.78, 5) is 24.4. The molecule has 0 aliphatic heterocycles. The molecule has 0 unspecified atom stereocenters. The van der Waals surface area contributed by atoms with Gasteiger partial charge in [0, 0.05) is 16.8 Å². The number of hydrogen-bond acceptors (Lipinski definition) is 6. The zero-order chi connectivity index (χ0) is 15.0. The normalized spacial score (nSPS) is 14.2. The number of aliphatic hydroxyl groups is 1. The largest absolute Gasteiger partial charge is 0.504 e. The van der Waals surface area contributed by atoms with Gasteiger partial charge in [0.1, 0.15) is 0 Å². The third-order valence-corrected chi connectivity index (χ3v) is 3.07. The second kappa shape index (κ2) is 4.80. The highest BCUT2D eigenvalue weighted by molar-refractivity contribution is 6.36. The number of hydrogen-bond donors (Lipinski definition) is 2. The van der Waals surface area contributed by atoms with Gasteiger partial charge in [0.15, 0.2) is 23.0 Å². The minimum atomic E-state index is -0.706. The van der Waals surface area contributed by atoms with Crippen molar-refractivity contribution in [2.24, 2.45) is 0 Å². The van der Waals surface area contributed by atoms with E-state index in [0.29, 0.717) is 5.75 Å². The van der Waals surface area contributed by atoms with E-state index in [1.54, 1.807) is 0 Å². The first-order chi connectivity index (χ1) is 9.42. The second-order valence-corrected chi connectivity index (χ2v) is 4.26. The van der Waals surface area contributed by atoms with Crippen molar-refractivity contribution in [3.8, 4) is 11.5 Å². The van der Waals surface area contributed by atoms with E-state index in [4.69, 9.17) is 14.9 Å². The van der Waals surface area contributed by atoms with Crippen LogP contribution in [-0.2, 0) is 0 Å². The predicted molar refractivity (Wildman–Crippen MR) is 71.3 cm³/mol. The lowest BCUT2D eigenvalue weighted by Crippen LogP contribution is -2.25. The topological polar surface area (TPSA) is 96.7 Å². The summed E-state index contributed by atoms with van der Waals surface area (Å²) in [6.07, 6.45) is 0. The van der Waals surface area contributed by atoms with Gasteiger partial charge in [-0.2, -0.15) is 0 Å². The van der Waals surface area contributed by atoms with Gasteiger partial charge in [0.05, 0.1) is 19.8 Å². The van der Waals surface area contributed by atoms with Gasteiger partial charge < -0.3 is 20.0 Å². The standard InChI is InChI=1S/C14H13NO5/c1-6(15)11-12(16)7-4-9(19-2)10(20-3)5-8(7)13(17)14(11)18/h4-5,15,18H,1-3H3. The Morgan fingerprint density at radius 3 is 1.90 bits per heavy atom. The third kappa shape index (κ3) is 1.85. The van der Waals surface area contributed by atoms with Gasteiger partial charge in [-0.15, -0.1) is 0 Å². The third-order valence-electron chi connectivity index (χ3n) is 3.07. The summed E-state index contributed by atoms with van der Waals surface area (Å²) in [5, 5.41) is 17.3. The number of rotatable bonds is 3. The van der Waals surface area contributed by atoms with E-state index < -0.39 is 17.3 Å². The van der Waals surface area contributed by atoms with Crippen LogP contribution in [0.25, 0.3) is 0 Å². The van der Waals surface area contributed by atoms with Crippen molar-refractivity contribution in [1.82, 2.24) is 0 Å². The van der Waals surface area contributed by atoms with Crippen molar-refractivity contribution in [2.75, 3.05) is 14.2 Å². The van der Waals surface area contributed by atoms with Crippen LogP contribution < -0.4 is 9.47 Å². The van der Waals surface area contributed by atoms with Gasteiger partial charge in [-0.3, -0.25) is 9.59 Å². The van der Waals surface area contributed by atoms with Crippen LogP contribution in [0.15, 0.2) is 23.5 Å². The molecule has 0 fully saturated rings. The first-order valence-corrected chi connectivity index (χ1v) is 5.76. The van der Waals surface area contributed by atoms with Crippen molar-refractivity contribution in [3.63, 3.8) is 0 Å². The SMILES string of the molecule is COc1cc2c(cc1OC)C(=O)C(C(C)=N)=C(O)C2=O. The van der Waals surface area contributed by atoms with Crippen molar-refractivity contribution < 1.29 is 24.2 Å². The summed E-state index contributed by atoms with van der Waals surface area (Å²) in [6, 6.07) is 2.73. The average Bonchev–Trinajstić information content (AvgIpc) is 2.43. The van der Waals surface area contributed by atoms with Crippen LogP contribution >= 0.6 is 0 Å². The number of benzene rings is 1. The Bertz CT molecular complexity index is 672. The number of carbonyl (C=O) groups is 2. The molecule has 20 heavy (non-hydrogen) atoms. The Morgan fingerprint density at radius 2 is 1.50 bits per heavy atom. The fourth-order valence-electron chi connectivity index (χ4n) is 2.09. The van der Waals surface area contributed by atoms with Gasteiger partial charge in [-0.1, -0.05) is 0 Å². The van der Waals surface area contributed by atoms with E-state index in [2.05, 4.69) is 0 Å². The number of aliphatic hydroxyl groups excluding tert-OH is 1. The smallest absolute Gasteiger partial charge is 0.229 e. The van der Waals surface area contributed by atoms with Gasteiger partial charge >= 0.3 is 0 Å². The van der Waals surface area contributed by atoms with Gasteiger partial charge in [0.2, 0.25) is 5.78 Å². The molecule has 0 amide bonds. The highest BCUT2D eigenvalue weighted by Crippen LogP contribution is 2.35. The molecule has 104 valence electrons. The Kier molecular flexibility index (Phi) is 3.31. The van der Waals surface area contributed by atoms with Crippen LogP contribution in [0.3, 0.4) is 0 Å². The number of fused-ring (bicyclic) bond motifs is 1. The molecule has 1 aliphatic carbocycles. The molecule has 2 rings (SSSR count). The minimum absolute atomic E-state index is 0.0372. The number of nitrogens with one attached hydrogen (secondary N) is 1. The Labute approximate surface area is 115 Å². The van der Waals surface area contributed by atoms with Crippen molar-refractivity contribution >= 4 is 17.3 Å². The molecule has 0 bridgehead atoms. The second-order valence-electron chi connectivity index (χ2n) is 4.26. The van der Waals surface area contributed by atoms with E-state index in [1.165, 1.54) is 33.3 Å². The Balaban J connectivity index is 2.73. The van der Waals surface area contributed by atoms with E-state index in [1.807, 2.05) is 0 Å². The molecule has 6 heteroatoms. The lowest BCUT2D eigenvalue weighted by Gasteiger charge is -2.19. The minimum Gasteiger partial charge on any atom is -0.504 e. The highest BCUT2D eigenvalue weighted by Gasteiger charge is 2.34. The zero-order valence-electron chi connectivity index (χ0n) is 11.2. The summed E-state index contributed by atoms with van der Waals surface area (Å²) in [7, 11) is 2.82. The average molecular weight is 275 g/mol. The van der Waals surface area contributed by atoms with E-state index in [-0.39, 0.29) is 28.2 Å². The van der Waals surface area contributed by atoms with Crippen molar-refractivity contribution in [3.05, 3.63) is 34.6 Å². The number of ketones is 2. The molecule has 0 saturated carbocycles. The molecule has 6 nitrogen and oxygen atoms in total. The highest BCUT2D eigenvalue weighted by atomic mass is 16.5. The maximum Gasteiger partial charge on any atom is 0.229 e. The molecule has 0 atom stereocenters. The van der Waals surface area contributed by atoms with E-state index in [9.17, 15) is 14.7 Å². The summed E-state index contributed by atoms with van der Waals surface area (Å²) >= 11 is 0. The number of allylic oxidation sites excluding steroid dienone is 2.